The molecule has 0 aliphatic rings. The number of aryl methyl sites for hydroxylation is 1. The van der Waals surface area contributed by atoms with E-state index in [1.54, 1.807) is 30.5 Å². The van der Waals surface area contributed by atoms with Crippen molar-refractivity contribution in [1.29, 1.82) is 0 Å². The van der Waals surface area contributed by atoms with E-state index in [2.05, 4.69) is 15.5 Å². The number of carbonyl (C=O) groups is 1. The number of nitrogens with one attached hydrogen (secondary N) is 2. The average Bonchev–Trinajstić information content (AvgIpc) is 3.18. The van der Waals surface area contributed by atoms with Crippen LogP contribution in [0, 0.1) is 6.92 Å². The number of H-pyrrole nitrogens is 1. The first kappa shape index (κ1) is 22.4. The molecule has 7 nitrogen and oxygen atoms in total. The molecule has 0 saturated heterocycles. The first-order chi connectivity index (χ1) is 15.0. The van der Waals surface area contributed by atoms with Crippen LogP contribution in [0.1, 0.15) is 36.3 Å². The lowest BCUT2D eigenvalue weighted by Gasteiger charge is -2.24. The van der Waals surface area contributed by atoms with Crippen molar-refractivity contribution in [3.8, 4) is 5.75 Å². The zero-order valence-corrected chi connectivity index (χ0v) is 18.0. The number of amides is 1. The molecule has 7 heteroatoms. The molecule has 1 heterocycles. The molecule has 0 spiro atoms. The van der Waals surface area contributed by atoms with Gasteiger partial charge in [-0.05, 0) is 50.1 Å². The number of phenols is 1. The molecule has 3 N–H and O–H groups in total. The maximum Gasteiger partial charge on any atom is 0.239 e. The monoisotopic (exact) mass is 422 g/mol. The standard InChI is InChI=1S/C24H30N4O3/c1-18-21(15-26-27-18)16-28(22-9-11-23(29)12-10-22)17-24(30)25-13-6-14-31-19(2)20-7-4-3-5-8-20/h3-5,7-12,15,19,29H,6,13-14,16-17H2,1-2H3,(H,25,30)(H,26,27)/t19-/m0/s1. The van der Waals surface area contributed by atoms with Gasteiger partial charge in [0, 0.05) is 36.6 Å². The molecule has 3 rings (SSSR count). The third-order valence-electron chi connectivity index (χ3n) is 5.12. The van der Waals surface area contributed by atoms with Crippen LogP contribution in [-0.4, -0.2) is 40.9 Å². The number of aromatic amines is 1. The molecule has 0 unspecified atom stereocenters. The summed E-state index contributed by atoms with van der Waals surface area (Å²) in [5.74, 6) is 0.128. The summed E-state index contributed by atoms with van der Waals surface area (Å²) in [6, 6.07) is 16.9. The summed E-state index contributed by atoms with van der Waals surface area (Å²) in [5.41, 5.74) is 3.98. The van der Waals surface area contributed by atoms with E-state index in [-0.39, 0.29) is 24.3 Å². The normalized spacial score (nSPS) is 11.8. The van der Waals surface area contributed by atoms with E-state index in [9.17, 15) is 9.90 Å². The van der Waals surface area contributed by atoms with E-state index in [1.807, 2.05) is 49.1 Å². The molecule has 2 aromatic carbocycles. The second kappa shape index (κ2) is 11.2. The number of anilines is 1. The van der Waals surface area contributed by atoms with Crippen molar-refractivity contribution in [1.82, 2.24) is 15.5 Å². The molecule has 1 amide bonds. The van der Waals surface area contributed by atoms with Gasteiger partial charge in [-0.25, -0.2) is 0 Å². The van der Waals surface area contributed by atoms with Crippen molar-refractivity contribution in [2.45, 2.75) is 32.9 Å². The average molecular weight is 423 g/mol. The largest absolute Gasteiger partial charge is 0.508 e. The molecular formula is C24H30N4O3. The van der Waals surface area contributed by atoms with Crippen LogP contribution >= 0.6 is 0 Å². The summed E-state index contributed by atoms with van der Waals surface area (Å²) < 4.78 is 5.86. The maximum atomic E-state index is 12.6. The van der Waals surface area contributed by atoms with E-state index in [4.69, 9.17) is 4.74 Å². The van der Waals surface area contributed by atoms with Gasteiger partial charge in [0.05, 0.1) is 18.8 Å². The Kier molecular flexibility index (Phi) is 8.06. The summed E-state index contributed by atoms with van der Waals surface area (Å²) in [7, 11) is 0. The fourth-order valence-electron chi connectivity index (χ4n) is 3.25. The van der Waals surface area contributed by atoms with Crippen molar-refractivity contribution in [2.24, 2.45) is 0 Å². The molecular weight excluding hydrogens is 392 g/mol. The summed E-state index contributed by atoms with van der Waals surface area (Å²) >= 11 is 0. The van der Waals surface area contributed by atoms with Crippen molar-refractivity contribution in [3.05, 3.63) is 77.6 Å². The van der Waals surface area contributed by atoms with Crippen LogP contribution in [0.15, 0.2) is 60.8 Å². The molecule has 0 radical (unpaired) electrons. The molecule has 0 bridgehead atoms. The highest BCUT2D eigenvalue weighted by Gasteiger charge is 2.14. The Morgan fingerprint density at radius 3 is 2.61 bits per heavy atom. The van der Waals surface area contributed by atoms with Gasteiger partial charge in [0.25, 0.3) is 0 Å². The predicted molar refractivity (Wildman–Crippen MR) is 121 cm³/mol. The molecule has 1 aromatic heterocycles. The topological polar surface area (TPSA) is 90.5 Å². The third-order valence-corrected chi connectivity index (χ3v) is 5.12. The maximum absolute atomic E-state index is 12.6. The lowest BCUT2D eigenvalue weighted by atomic mass is 10.1. The van der Waals surface area contributed by atoms with Gasteiger partial charge >= 0.3 is 0 Å². The number of nitrogens with zero attached hydrogens (tertiary/aromatic N) is 2. The van der Waals surface area contributed by atoms with E-state index < -0.39 is 0 Å². The van der Waals surface area contributed by atoms with Crippen LogP contribution in [0.5, 0.6) is 5.75 Å². The van der Waals surface area contributed by atoms with E-state index in [0.717, 1.165) is 28.9 Å². The van der Waals surface area contributed by atoms with Gasteiger partial charge in [-0.2, -0.15) is 5.10 Å². The molecule has 0 aliphatic heterocycles. The highest BCUT2D eigenvalue weighted by molar-refractivity contribution is 5.81. The lowest BCUT2D eigenvalue weighted by Crippen LogP contribution is -2.37. The van der Waals surface area contributed by atoms with Crippen LogP contribution in [0.2, 0.25) is 0 Å². The van der Waals surface area contributed by atoms with Gasteiger partial charge < -0.3 is 20.1 Å². The van der Waals surface area contributed by atoms with E-state index in [1.165, 1.54) is 0 Å². The van der Waals surface area contributed by atoms with Crippen molar-refractivity contribution in [3.63, 3.8) is 0 Å². The third kappa shape index (κ3) is 6.86. The number of benzene rings is 2. The summed E-state index contributed by atoms with van der Waals surface area (Å²) in [4.78, 5) is 14.5. The second-order valence-corrected chi connectivity index (χ2v) is 7.52. The van der Waals surface area contributed by atoms with Gasteiger partial charge in [-0.1, -0.05) is 30.3 Å². The van der Waals surface area contributed by atoms with Gasteiger partial charge in [0.1, 0.15) is 5.75 Å². The zero-order valence-electron chi connectivity index (χ0n) is 18.0. The highest BCUT2D eigenvalue weighted by Crippen LogP contribution is 2.21. The number of aromatic hydroxyl groups is 1. The fourth-order valence-corrected chi connectivity index (χ4v) is 3.25. The number of rotatable bonds is 11. The molecule has 0 saturated carbocycles. The van der Waals surface area contributed by atoms with Crippen LogP contribution in [-0.2, 0) is 16.1 Å². The molecule has 1 atom stereocenters. The minimum Gasteiger partial charge on any atom is -0.508 e. The SMILES string of the molecule is Cc1[nH]ncc1CN(CC(=O)NCCCO[C@@H](C)c1ccccc1)c1ccc(O)cc1. The number of aromatic nitrogens is 2. The minimum atomic E-state index is -0.0645. The minimum absolute atomic E-state index is 0.0279. The highest BCUT2D eigenvalue weighted by atomic mass is 16.5. The van der Waals surface area contributed by atoms with Gasteiger partial charge in [0.15, 0.2) is 0 Å². The molecule has 31 heavy (non-hydrogen) atoms. The number of phenolic OH excluding ortho intramolecular Hbond substituents is 1. The predicted octanol–water partition coefficient (Wildman–Crippen LogP) is 3.71. The van der Waals surface area contributed by atoms with Gasteiger partial charge in [0.2, 0.25) is 5.91 Å². The molecule has 0 aliphatic carbocycles. The zero-order chi connectivity index (χ0) is 22.1. The first-order valence-corrected chi connectivity index (χ1v) is 10.5. The Balaban J connectivity index is 1.47. The van der Waals surface area contributed by atoms with E-state index >= 15 is 0 Å². The van der Waals surface area contributed by atoms with Gasteiger partial charge in [-0.15, -0.1) is 0 Å². The van der Waals surface area contributed by atoms with Crippen molar-refractivity contribution >= 4 is 11.6 Å². The number of carbonyl (C=O) groups excluding carboxylic acids is 1. The number of hydrogen-bond donors (Lipinski definition) is 3. The number of ether oxygens (including phenoxy) is 1. The Bertz CT molecular complexity index is 941. The molecule has 0 fully saturated rings. The van der Waals surface area contributed by atoms with Crippen LogP contribution in [0.25, 0.3) is 0 Å². The summed E-state index contributed by atoms with van der Waals surface area (Å²) in [6.07, 6.45) is 2.54. The van der Waals surface area contributed by atoms with Crippen LogP contribution in [0.4, 0.5) is 5.69 Å². The summed E-state index contributed by atoms with van der Waals surface area (Å²) in [6.45, 7) is 5.85. The van der Waals surface area contributed by atoms with Gasteiger partial charge in [-0.3, -0.25) is 9.89 Å². The smallest absolute Gasteiger partial charge is 0.239 e. The Morgan fingerprint density at radius 2 is 1.94 bits per heavy atom. The molecule has 164 valence electrons. The van der Waals surface area contributed by atoms with Crippen molar-refractivity contribution < 1.29 is 14.6 Å². The number of hydrogen-bond acceptors (Lipinski definition) is 5. The Hall–Kier alpha value is -3.32. The van der Waals surface area contributed by atoms with Crippen molar-refractivity contribution in [2.75, 3.05) is 24.6 Å². The fraction of sp³-hybridized carbons (Fsp3) is 0.333. The van der Waals surface area contributed by atoms with Crippen LogP contribution in [0.3, 0.4) is 0 Å². The summed E-state index contributed by atoms with van der Waals surface area (Å²) in [5, 5.41) is 19.5. The lowest BCUT2D eigenvalue weighted by molar-refractivity contribution is -0.119. The Labute approximate surface area is 183 Å². The Morgan fingerprint density at radius 1 is 1.19 bits per heavy atom. The van der Waals surface area contributed by atoms with E-state index in [0.29, 0.717) is 19.7 Å². The first-order valence-electron chi connectivity index (χ1n) is 10.5. The quantitative estimate of drug-likeness (QED) is 0.410. The second-order valence-electron chi connectivity index (χ2n) is 7.52. The van der Waals surface area contributed by atoms with Crippen LogP contribution < -0.4 is 10.2 Å². The molecule has 3 aromatic rings.